The van der Waals surface area contributed by atoms with Gasteiger partial charge in [-0.1, -0.05) is 18.2 Å². The lowest BCUT2D eigenvalue weighted by atomic mass is 10.3. The maximum atomic E-state index is 11.5. The molecule has 0 heterocycles. The molecule has 1 rings (SSSR count). The van der Waals surface area contributed by atoms with Crippen LogP contribution in [0.2, 0.25) is 0 Å². The Bertz CT molecular complexity index is 513. The minimum absolute atomic E-state index is 0.00739. The lowest BCUT2D eigenvalue weighted by Gasteiger charge is -2.07. The average molecular weight is 292 g/mol. The molecule has 7 nitrogen and oxygen atoms in total. The average Bonchev–Trinajstić information content (AvgIpc) is 2.50. The van der Waals surface area contributed by atoms with Gasteiger partial charge in [-0.15, -0.1) is 0 Å². The second-order valence-electron chi connectivity index (χ2n) is 3.77. The molecule has 0 saturated carbocycles. The first-order chi connectivity index (χ1) is 10.1. The Morgan fingerprint density at radius 3 is 2.43 bits per heavy atom. The molecule has 0 spiro atoms. The number of ether oxygens (including phenoxy) is 2. The van der Waals surface area contributed by atoms with Gasteiger partial charge in [-0.25, -0.2) is 14.4 Å². The van der Waals surface area contributed by atoms with Crippen molar-refractivity contribution in [3.63, 3.8) is 0 Å². The van der Waals surface area contributed by atoms with E-state index in [1.165, 1.54) is 7.11 Å². The summed E-state index contributed by atoms with van der Waals surface area (Å²) in [5, 5.41) is 5.13. The molecule has 0 saturated heterocycles. The smallest absolute Gasteiger partial charge is 0.331 e. The Kier molecular flexibility index (Phi) is 7.06. The van der Waals surface area contributed by atoms with Gasteiger partial charge in [0.15, 0.2) is 0 Å². The number of urea groups is 1. The maximum absolute atomic E-state index is 11.5. The predicted molar refractivity (Wildman–Crippen MR) is 75.6 cm³/mol. The van der Waals surface area contributed by atoms with E-state index in [1.807, 2.05) is 6.07 Å². The second kappa shape index (κ2) is 9.13. The molecule has 7 heteroatoms. The fourth-order valence-electron chi connectivity index (χ4n) is 1.27. The van der Waals surface area contributed by atoms with Gasteiger partial charge in [0.2, 0.25) is 0 Å². The number of esters is 2. The van der Waals surface area contributed by atoms with Crippen molar-refractivity contribution in [3.05, 3.63) is 42.5 Å². The van der Waals surface area contributed by atoms with Crippen molar-refractivity contribution < 1.29 is 23.9 Å². The van der Waals surface area contributed by atoms with Crippen molar-refractivity contribution in [3.8, 4) is 0 Å². The van der Waals surface area contributed by atoms with E-state index in [2.05, 4.69) is 15.4 Å². The number of benzene rings is 1. The van der Waals surface area contributed by atoms with Gasteiger partial charge in [-0.05, 0) is 12.1 Å². The molecule has 0 radical (unpaired) electrons. The molecule has 0 atom stereocenters. The zero-order valence-electron chi connectivity index (χ0n) is 11.5. The van der Waals surface area contributed by atoms with Crippen molar-refractivity contribution >= 4 is 23.7 Å². The van der Waals surface area contributed by atoms with Gasteiger partial charge in [0.05, 0.1) is 13.7 Å². The number of hydrogen-bond donors (Lipinski definition) is 2. The normalized spacial score (nSPS) is 9.95. The molecule has 2 N–H and O–H groups in total. The minimum atomic E-state index is -0.689. The number of hydrogen-bond acceptors (Lipinski definition) is 5. The molecule has 2 amide bonds. The van der Waals surface area contributed by atoms with Gasteiger partial charge in [0.1, 0.15) is 6.61 Å². The van der Waals surface area contributed by atoms with Gasteiger partial charge in [-0.3, -0.25) is 0 Å². The Balaban J connectivity index is 2.16. The van der Waals surface area contributed by atoms with Crippen LogP contribution in [0.1, 0.15) is 0 Å². The molecule has 0 bridgehead atoms. The topological polar surface area (TPSA) is 93.7 Å². The molecule has 0 aliphatic carbocycles. The fourth-order valence-corrected chi connectivity index (χ4v) is 1.27. The third-order valence-electron chi connectivity index (χ3n) is 2.22. The van der Waals surface area contributed by atoms with Gasteiger partial charge in [-0.2, -0.15) is 0 Å². The Hall–Kier alpha value is -2.83. The molecule has 112 valence electrons. The summed E-state index contributed by atoms with van der Waals surface area (Å²) in [6.45, 7) is 0.142. The molecule has 0 aromatic heterocycles. The van der Waals surface area contributed by atoms with Crippen LogP contribution in [0.3, 0.4) is 0 Å². The Labute approximate surface area is 121 Å². The molecule has 1 aromatic rings. The number of methoxy groups -OCH3 is 1. The number of rotatable bonds is 6. The minimum Gasteiger partial charge on any atom is -0.466 e. The SMILES string of the molecule is COC(=O)/C=C/C(=O)OCCNC(=O)Nc1ccccc1. The first kappa shape index (κ1) is 16.2. The predicted octanol–water partition coefficient (Wildman–Crippen LogP) is 1.08. The van der Waals surface area contributed by atoms with Crippen LogP contribution in [-0.2, 0) is 19.1 Å². The highest BCUT2D eigenvalue weighted by atomic mass is 16.5. The van der Waals surface area contributed by atoms with Crippen molar-refractivity contribution in [2.75, 3.05) is 25.6 Å². The zero-order chi connectivity index (χ0) is 15.5. The second-order valence-corrected chi connectivity index (χ2v) is 3.77. The summed E-state index contributed by atoms with van der Waals surface area (Å²) in [4.78, 5) is 33.4. The van der Waals surface area contributed by atoms with Crippen LogP contribution in [0.5, 0.6) is 0 Å². The van der Waals surface area contributed by atoms with Crippen molar-refractivity contribution in [1.29, 1.82) is 0 Å². The van der Waals surface area contributed by atoms with Crippen LogP contribution in [0, 0.1) is 0 Å². The van der Waals surface area contributed by atoms with E-state index in [0.29, 0.717) is 5.69 Å². The van der Waals surface area contributed by atoms with Crippen molar-refractivity contribution in [2.24, 2.45) is 0 Å². The summed E-state index contributed by atoms with van der Waals surface area (Å²) in [5.74, 6) is -1.34. The molecule has 0 fully saturated rings. The third-order valence-corrected chi connectivity index (χ3v) is 2.22. The van der Waals surface area contributed by atoms with E-state index >= 15 is 0 Å². The monoisotopic (exact) mass is 292 g/mol. The lowest BCUT2D eigenvalue weighted by molar-refractivity contribution is -0.139. The van der Waals surface area contributed by atoms with Crippen LogP contribution in [-0.4, -0.2) is 38.2 Å². The Morgan fingerprint density at radius 2 is 1.76 bits per heavy atom. The summed E-state index contributed by atoms with van der Waals surface area (Å²) < 4.78 is 9.08. The number of anilines is 1. The molecular weight excluding hydrogens is 276 g/mol. The highest BCUT2D eigenvalue weighted by Crippen LogP contribution is 2.03. The highest BCUT2D eigenvalue weighted by molar-refractivity contribution is 5.91. The van der Waals surface area contributed by atoms with E-state index in [4.69, 9.17) is 4.74 Å². The fraction of sp³-hybridized carbons (Fsp3) is 0.214. The number of carbonyl (C=O) groups excluding carboxylic acids is 3. The van der Waals surface area contributed by atoms with E-state index in [1.54, 1.807) is 24.3 Å². The molecule has 0 aliphatic rings. The van der Waals surface area contributed by atoms with Gasteiger partial charge in [0, 0.05) is 17.8 Å². The van der Waals surface area contributed by atoms with Gasteiger partial charge < -0.3 is 20.1 Å². The van der Waals surface area contributed by atoms with Crippen LogP contribution < -0.4 is 10.6 Å². The van der Waals surface area contributed by atoms with E-state index < -0.39 is 18.0 Å². The quantitative estimate of drug-likeness (QED) is 0.465. The van der Waals surface area contributed by atoms with Crippen LogP contribution in [0.25, 0.3) is 0 Å². The zero-order valence-corrected chi connectivity index (χ0v) is 11.5. The first-order valence-corrected chi connectivity index (χ1v) is 6.14. The van der Waals surface area contributed by atoms with E-state index in [0.717, 1.165) is 12.2 Å². The highest BCUT2D eigenvalue weighted by Gasteiger charge is 2.02. The first-order valence-electron chi connectivity index (χ1n) is 6.14. The number of nitrogens with one attached hydrogen (secondary N) is 2. The molecule has 0 unspecified atom stereocenters. The van der Waals surface area contributed by atoms with Gasteiger partial charge in [0.25, 0.3) is 0 Å². The Morgan fingerprint density at radius 1 is 1.10 bits per heavy atom. The summed E-state index contributed by atoms with van der Waals surface area (Å²) in [6.07, 6.45) is 1.91. The number of para-hydroxylation sites is 1. The van der Waals surface area contributed by atoms with E-state index in [-0.39, 0.29) is 13.2 Å². The number of amides is 2. The molecule has 21 heavy (non-hydrogen) atoms. The summed E-state index contributed by atoms with van der Waals surface area (Å²) in [7, 11) is 1.20. The van der Waals surface area contributed by atoms with Gasteiger partial charge >= 0.3 is 18.0 Å². The summed E-state index contributed by atoms with van der Waals surface area (Å²) in [6, 6.07) is 8.52. The summed E-state index contributed by atoms with van der Waals surface area (Å²) in [5.41, 5.74) is 0.660. The summed E-state index contributed by atoms with van der Waals surface area (Å²) >= 11 is 0. The number of carbonyl (C=O) groups is 3. The largest absolute Gasteiger partial charge is 0.466 e. The van der Waals surface area contributed by atoms with Crippen LogP contribution >= 0.6 is 0 Å². The third kappa shape index (κ3) is 7.36. The maximum Gasteiger partial charge on any atom is 0.331 e. The molecule has 1 aromatic carbocycles. The van der Waals surface area contributed by atoms with Crippen molar-refractivity contribution in [1.82, 2.24) is 5.32 Å². The standard InChI is InChI=1S/C14H16N2O5/c1-20-12(17)7-8-13(18)21-10-9-15-14(19)16-11-5-3-2-4-6-11/h2-8H,9-10H2,1H3,(H2,15,16,19)/b8-7+. The van der Waals surface area contributed by atoms with Crippen molar-refractivity contribution in [2.45, 2.75) is 0 Å². The van der Waals surface area contributed by atoms with Crippen LogP contribution in [0.4, 0.5) is 10.5 Å². The van der Waals surface area contributed by atoms with E-state index in [9.17, 15) is 14.4 Å². The lowest BCUT2D eigenvalue weighted by Crippen LogP contribution is -2.31. The van der Waals surface area contributed by atoms with Crippen LogP contribution in [0.15, 0.2) is 42.5 Å². The molecule has 0 aliphatic heterocycles. The molecular formula is C14H16N2O5.